The van der Waals surface area contributed by atoms with E-state index in [0.717, 1.165) is 35.1 Å². The van der Waals surface area contributed by atoms with Crippen molar-refractivity contribution >= 4 is 46.7 Å². The monoisotopic (exact) mass is 634 g/mol. The van der Waals surface area contributed by atoms with Crippen LogP contribution in [0, 0.1) is 0 Å². The highest BCUT2D eigenvalue weighted by Crippen LogP contribution is 2.54. The van der Waals surface area contributed by atoms with E-state index in [-0.39, 0.29) is 22.5 Å². The molecule has 2 unspecified atom stereocenters. The second-order valence-electron chi connectivity index (χ2n) is 9.53. The van der Waals surface area contributed by atoms with Crippen molar-refractivity contribution in [2.45, 2.75) is 37.7 Å². The Kier molecular flexibility index (Phi) is 8.70. The van der Waals surface area contributed by atoms with Gasteiger partial charge in [0, 0.05) is 11.1 Å². The molecule has 0 bridgehead atoms. The zero-order chi connectivity index (χ0) is 31.5. The molecule has 3 aromatic carbocycles. The molecule has 5 rings (SSSR count). The fraction of sp³-hybridized carbons (Fsp3) is 0.241. The number of anilines is 1. The average molecular weight is 635 g/mol. The van der Waals surface area contributed by atoms with Gasteiger partial charge in [0.25, 0.3) is 5.72 Å². The average Bonchev–Trinajstić information content (AvgIpc) is 3.37. The second kappa shape index (κ2) is 12.3. The van der Waals surface area contributed by atoms with Gasteiger partial charge in [0.15, 0.2) is 5.17 Å². The van der Waals surface area contributed by atoms with E-state index in [1.54, 1.807) is 55.5 Å². The van der Waals surface area contributed by atoms with Crippen LogP contribution in [0.2, 0.25) is 0 Å². The molecule has 8 nitrogen and oxygen atoms in total. The molecule has 2 N–H and O–H groups in total. The normalized spacial score (nSPS) is 21.7. The minimum atomic E-state index is -4.79. The van der Waals surface area contributed by atoms with Gasteiger partial charge in [0.2, 0.25) is 0 Å². The number of halogens is 6. The van der Waals surface area contributed by atoms with Crippen LogP contribution in [0.1, 0.15) is 36.1 Å². The highest BCUT2D eigenvalue weighted by Gasteiger charge is 2.67. The lowest BCUT2D eigenvalue weighted by molar-refractivity contribution is -0.281. The number of nitrogens with zero attached hydrogens (tertiary/aromatic N) is 5. The minimum Gasteiger partial charge on any atom is -0.406 e. The molecular formula is C29H24F6N6O2S. The van der Waals surface area contributed by atoms with Crippen LogP contribution in [-0.4, -0.2) is 47.6 Å². The van der Waals surface area contributed by atoms with E-state index in [1.807, 2.05) is 0 Å². The number of amidine groups is 2. The van der Waals surface area contributed by atoms with E-state index in [2.05, 4.69) is 24.9 Å². The number of alkyl halides is 6. The van der Waals surface area contributed by atoms with Gasteiger partial charge in [-0.15, -0.1) is 18.3 Å². The molecule has 3 aromatic rings. The fourth-order valence-corrected chi connectivity index (χ4v) is 5.76. The van der Waals surface area contributed by atoms with E-state index >= 15 is 0 Å². The van der Waals surface area contributed by atoms with E-state index in [9.17, 15) is 26.3 Å². The Hall–Kier alpha value is -4.37. The van der Waals surface area contributed by atoms with Crippen molar-refractivity contribution in [3.8, 4) is 5.75 Å². The van der Waals surface area contributed by atoms with Gasteiger partial charge in [0.05, 0.1) is 29.4 Å². The summed E-state index contributed by atoms with van der Waals surface area (Å²) < 4.78 is 89.7. The molecule has 2 heterocycles. The number of fused-ring (bicyclic) bond motifs is 3. The third-order valence-electron chi connectivity index (χ3n) is 6.66. The highest BCUT2D eigenvalue weighted by atomic mass is 32.2. The molecule has 0 aromatic heterocycles. The van der Waals surface area contributed by atoms with Crippen molar-refractivity contribution in [2.75, 3.05) is 10.7 Å². The smallest absolute Gasteiger partial charge is 0.406 e. The number of ether oxygens (including phenoxy) is 2. The van der Waals surface area contributed by atoms with Crippen molar-refractivity contribution in [1.82, 2.24) is 0 Å². The lowest BCUT2D eigenvalue weighted by Crippen LogP contribution is -2.62. The van der Waals surface area contributed by atoms with E-state index < -0.39 is 24.4 Å². The van der Waals surface area contributed by atoms with Gasteiger partial charge >= 0.3 is 12.5 Å². The Balaban J connectivity index is 1.28. The highest BCUT2D eigenvalue weighted by molar-refractivity contribution is 8.14. The van der Waals surface area contributed by atoms with Crippen molar-refractivity contribution in [3.63, 3.8) is 0 Å². The number of hydrogen-bond donors (Lipinski definition) is 1. The predicted molar refractivity (Wildman–Crippen MR) is 158 cm³/mol. The Morgan fingerprint density at radius 1 is 1.05 bits per heavy atom. The van der Waals surface area contributed by atoms with Crippen molar-refractivity contribution in [3.05, 3.63) is 89.5 Å². The zero-order valence-electron chi connectivity index (χ0n) is 22.9. The number of thioether (sulfide) groups is 1. The Morgan fingerprint density at radius 3 is 2.41 bits per heavy atom. The number of aliphatic imine (C=N–C) groups is 2. The Labute approximate surface area is 252 Å². The van der Waals surface area contributed by atoms with Gasteiger partial charge < -0.3 is 15.2 Å². The zero-order valence-corrected chi connectivity index (χ0v) is 23.7. The van der Waals surface area contributed by atoms with E-state index in [0.29, 0.717) is 34.5 Å². The van der Waals surface area contributed by atoms with Crippen LogP contribution in [0.3, 0.4) is 0 Å². The Bertz CT molecular complexity index is 1610. The topological polar surface area (TPSA) is 97.2 Å². The maximum absolute atomic E-state index is 14.4. The van der Waals surface area contributed by atoms with Gasteiger partial charge in [-0.1, -0.05) is 61.2 Å². The molecule has 1 saturated heterocycles. The van der Waals surface area contributed by atoms with Gasteiger partial charge in [-0.2, -0.15) is 18.3 Å². The van der Waals surface area contributed by atoms with Crippen molar-refractivity contribution in [1.29, 1.82) is 0 Å². The molecule has 0 saturated carbocycles. The largest absolute Gasteiger partial charge is 0.573 e. The van der Waals surface area contributed by atoms with E-state index in [4.69, 9.17) is 10.5 Å². The number of rotatable bonds is 7. The summed E-state index contributed by atoms with van der Waals surface area (Å²) in [5.41, 5.74) is 5.98. The molecule has 1 fully saturated rings. The van der Waals surface area contributed by atoms with Gasteiger partial charge in [0.1, 0.15) is 17.9 Å². The van der Waals surface area contributed by atoms with Crippen LogP contribution < -0.4 is 15.4 Å². The molecule has 44 heavy (non-hydrogen) atoms. The summed E-state index contributed by atoms with van der Waals surface area (Å²) in [4.78, 5) is 9.15. The van der Waals surface area contributed by atoms with Crippen LogP contribution >= 0.6 is 11.8 Å². The maximum Gasteiger partial charge on any atom is 0.573 e. The summed E-state index contributed by atoms with van der Waals surface area (Å²) in [5, 5.41) is 8.24. The van der Waals surface area contributed by atoms with Crippen LogP contribution in [0.5, 0.6) is 5.75 Å². The molecule has 2 aliphatic heterocycles. The van der Waals surface area contributed by atoms with Crippen molar-refractivity contribution < 1.29 is 35.8 Å². The summed E-state index contributed by atoms with van der Waals surface area (Å²) in [6.45, 7) is 1.78. The lowest BCUT2D eigenvalue weighted by atomic mass is 9.98. The van der Waals surface area contributed by atoms with Gasteiger partial charge in [-0.25, -0.2) is 9.98 Å². The number of benzene rings is 3. The third-order valence-corrected chi connectivity index (χ3v) is 7.71. The molecule has 0 radical (unpaired) electrons. The first-order chi connectivity index (χ1) is 20.9. The SMILES string of the molecule is CCC1OC2(C(F)(F)F)CS/C(=N\N=C\c3ccc(C(N)=NC=Nc4ccc(OC(F)(F)F)cc4)cc3)N2c2ccccc21. The summed E-state index contributed by atoms with van der Waals surface area (Å²) in [6, 6.07) is 18.4. The molecule has 230 valence electrons. The third kappa shape index (κ3) is 6.58. The summed E-state index contributed by atoms with van der Waals surface area (Å²) in [7, 11) is 0. The van der Waals surface area contributed by atoms with Crippen LogP contribution in [0.25, 0.3) is 0 Å². The van der Waals surface area contributed by atoms with Gasteiger partial charge in [-0.3, -0.25) is 4.90 Å². The first-order valence-corrected chi connectivity index (χ1v) is 14.1. The summed E-state index contributed by atoms with van der Waals surface area (Å²) >= 11 is 0.921. The van der Waals surface area contributed by atoms with Crippen molar-refractivity contribution in [2.24, 2.45) is 25.9 Å². The van der Waals surface area contributed by atoms with Crippen LogP contribution in [-0.2, 0) is 4.74 Å². The number of nitrogens with two attached hydrogens (primary N) is 1. The standard InChI is InChI=1S/C29H24F6N6O2S/c1-2-24-22-5-3-4-6-23(22)41-26(44-16-27(41,43-24)28(30,31)32)40-39-15-18-7-9-19(10-8-18)25(36)38-17-37-20-11-13-21(14-12-20)42-29(33,34)35/h3-15,17,24H,2,16H2,1H3,(H2,36,37,38)/b39-15+,40-26-. The minimum absolute atomic E-state index is 0.0652. The predicted octanol–water partition coefficient (Wildman–Crippen LogP) is 7.33. The fourth-order valence-electron chi connectivity index (χ4n) is 4.60. The maximum atomic E-state index is 14.4. The molecule has 2 aliphatic rings. The van der Waals surface area contributed by atoms with Gasteiger partial charge in [-0.05, 0) is 42.3 Å². The molecular weight excluding hydrogens is 610 g/mol. The second-order valence-corrected chi connectivity index (χ2v) is 10.5. The van der Waals surface area contributed by atoms with E-state index in [1.165, 1.54) is 18.3 Å². The first kappa shape index (κ1) is 31.1. The molecule has 0 amide bonds. The molecule has 2 atom stereocenters. The summed E-state index contributed by atoms with van der Waals surface area (Å²) in [6.07, 6.45) is -7.23. The summed E-state index contributed by atoms with van der Waals surface area (Å²) in [5.74, 6) is -0.638. The molecule has 0 spiro atoms. The first-order valence-electron chi connectivity index (χ1n) is 13.1. The Morgan fingerprint density at radius 2 is 1.75 bits per heavy atom. The molecule has 0 aliphatic carbocycles. The quantitative estimate of drug-likeness (QED) is 0.127. The number of para-hydroxylation sites is 1. The lowest BCUT2D eigenvalue weighted by Gasteiger charge is -2.46. The molecule has 15 heteroatoms. The van der Waals surface area contributed by atoms with Crippen LogP contribution in [0.4, 0.5) is 37.7 Å². The van der Waals surface area contributed by atoms with Crippen LogP contribution in [0.15, 0.2) is 93.0 Å². The number of hydrogen-bond acceptors (Lipinski definition) is 6.